The Morgan fingerprint density at radius 1 is 1.24 bits per heavy atom. The second kappa shape index (κ2) is 5.65. The van der Waals surface area contributed by atoms with E-state index in [9.17, 15) is 0 Å². The van der Waals surface area contributed by atoms with Gasteiger partial charge in [0.25, 0.3) is 0 Å². The molecule has 0 aliphatic heterocycles. The number of hydrogen-bond acceptors (Lipinski definition) is 4. The smallest absolute Gasteiger partial charge is 0.222 e. The van der Waals surface area contributed by atoms with Crippen LogP contribution in [-0.2, 0) is 0 Å². The van der Waals surface area contributed by atoms with Crippen LogP contribution in [0.1, 0.15) is 32.1 Å². The Bertz CT molecular complexity index is 346. The highest BCUT2D eigenvalue weighted by atomic mass is 35.5. The van der Waals surface area contributed by atoms with Crippen molar-refractivity contribution < 1.29 is 0 Å². The Morgan fingerprint density at radius 2 is 1.88 bits per heavy atom. The normalized spacial score (nSPS) is 18.9. The van der Waals surface area contributed by atoms with Gasteiger partial charge in [-0.05, 0) is 24.8 Å². The van der Waals surface area contributed by atoms with Crippen molar-refractivity contribution in [1.82, 2.24) is 9.97 Å². The van der Waals surface area contributed by atoms with E-state index in [0.29, 0.717) is 11.0 Å². The molecule has 0 aromatic carbocycles. The van der Waals surface area contributed by atoms with E-state index in [0.717, 1.165) is 13.1 Å². The molecule has 0 bridgehead atoms. The molecule has 0 saturated heterocycles. The maximum absolute atomic E-state index is 5.92. The van der Waals surface area contributed by atoms with Gasteiger partial charge in [0.1, 0.15) is 0 Å². The van der Waals surface area contributed by atoms with E-state index in [1.54, 1.807) is 12.4 Å². The molecular weight excluding hydrogens is 236 g/mol. The van der Waals surface area contributed by atoms with Gasteiger partial charge in [0.15, 0.2) is 0 Å². The number of nitrogens with zero attached hydrogens (tertiary/aromatic N) is 2. The molecule has 1 fully saturated rings. The summed E-state index contributed by atoms with van der Waals surface area (Å²) in [6, 6.07) is 0. The number of hydrogen-bond donors (Lipinski definition) is 2. The predicted molar refractivity (Wildman–Crippen MR) is 70.1 cm³/mol. The van der Waals surface area contributed by atoms with Crippen molar-refractivity contribution in [1.29, 1.82) is 0 Å². The first-order valence-electron chi connectivity index (χ1n) is 6.16. The van der Waals surface area contributed by atoms with Gasteiger partial charge < -0.3 is 11.1 Å². The summed E-state index contributed by atoms with van der Waals surface area (Å²) in [6.07, 6.45) is 9.49. The molecule has 1 aromatic rings. The van der Waals surface area contributed by atoms with Crippen molar-refractivity contribution in [2.75, 3.05) is 18.4 Å². The fraction of sp³-hybridized carbons (Fsp3) is 0.667. The summed E-state index contributed by atoms with van der Waals surface area (Å²) in [5.41, 5.74) is 6.15. The summed E-state index contributed by atoms with van der Waals surface area (Å²) >= 11 is 5.74. The van der Waals surface area contributed by atoms with E-state index in [1.165, 1.54) is 32.1 Å². The number of rotatable bonds is 4. The topological polar surface area (TPSA) is 63.8 Å². The predicted octanol–water partition coefficient (Wildman–Crippen LogP) is 2.45. The van der Waals surface area contributed by atoms with Crippen molar-refractivity contribution in [2.24, 2.45) is 11.1 Å². The molecule has 0 spiro atoms. The minimum atomic E-state index is 0.223. The van der Waals surface area contributed by atoms with Crippen LogP contribution in [0.15, 0.2) is 12.4 Å². The zero-order chi connectivity index (χ0) is 12.1. The van der Waals surface area contributed by atoms with Crippen LogP contribution in [0.5, 0.6) is 0 Å². The molecular formula is C12H19ClN4. The van der Waals surface area contributed by atoms with E-state index in [4.69, 9.17) is 17.3 Å². The molecule has 0 radical (unpaired) electrons. The lowest BCUT2D eigenvalue weighted by atomic mass is 9.74. The van der Waals surface area contributed by atoms with Crippen LogP contribution in [0.4, 0.5) is 5.95 Å². The summed E-state index contributed by atoms with van der Waals surface area (Å²) in [4.78, 5) is 8.27. The number of nitrogens with two attached hydrogens (primary N) is 1. The number of aromatic nitrogens is 2. The minimum absolute atomic E-state index is 0.223. The maximum Gasteiger partial charge on any atom is 0.222 e. The van der Waals surface area contributed by atoms with Gasteiger partial charge in [0.05, 0.1) is 17.4 Å². The molecule has 1 aromatic heterocycles. The highest BCUT2D eigenvalue weighted by Crippen LogP contribution is 2.35. The molecule has 3 N–H and O–H groups in total. The van der Waals surface area contributed by atoms with Crippen molar-refractivity contribution in [3.8, 4) is 0 Å². The molecule has 1 aliphatic carbocycles. The van der Waals surface area contributed by atoms with Crippen LogP contribution >= 0.6 is 11.6 Å². The molecule has 0 amide bonds. The van der Waals surface area contributed by atoms with Crippen molar-refractivity contribution >= 4 is 17.5 Å². The largest absolute Gasteiger partial charge is 0.354 e. The Hall–Kier alpha value is -0.870. The van der Waals surface area contributed by atoms with Crippen LogP contribution in [0.2, 0.25) is 5.02 Å². The van der Waals surface area contributed by atoms with Crippen LogP contribution in [0.3, 0.4) is 0 Å². The SMILES string of the molecule is NCC1(CNc2ncc(Cl)cn2)CCCCC1. The summed E-state index contributed by atoms with van der Waals surface area (Å²) < 4.78 is 0. The number of anilines is 1. The zero-order valence-corrected chi connectivity index (χ0v) is 10.7. The van der Waals surface area contributed by atoms with Gasteiger partial charge in [-0.1, -0.05) is 30.9 Å². The molecule has 94 valence electrons. The van der Waals surface area contributed by atoms with Gasteiger partial charge in [0, 0.05) is 6.54 Å². The molecule has 0 atom stereocenters. The van der Waals surface area contributed by atoms with Crippen LogP contribution in [0, 0.1) is 5.41 Å². The Balaban J connectivity index is 1.93. The van der Waals surface area contributed by atoms with E-state index in [2.05, 4.69) is 15.3 Å². The molecule has 17 heavy (non-hydrogen) atoms. The van der Waals surface area contributed by atoms with Gasteiger partial charge in [-0.25, -0.2) is 9.97 Å². The third kappa shape index (κ3) is 3.30. The Morgan fingerprint density at radius 3 is 2.47 bits per heavy atom. The number of halogens is 1. The van der Waals surface area contributed by atoms with Crippen molar-refractivity contribution in [2.45, 2.75) is 32.1 Å². The van der Waals surface area contributed by atoms with Crippen molar-refractivity contribution in [3.63, 3.8) is 0 Å². The fourth-order valence-corrected chi connectivity index (χ4v) is 2.52. The van der Waals surface area contributed by atoms with Gasteiger partial charge >= 0.3 is 0 Å². The first-order chi connectivity index (χ1) is 8.24. The average molecular weight is 255 g/mol. The van der Waals surface area contributed by atoms with Gasteiger partial charge in [-0.15, -0.1) is 0 Å². The number of nitrogens with one attached hydrogen (secondary N) is 1. The standard InChI is InChI=1S/C12H19ClN4/c13-10-6-15-11(16-7-10)17-9-12(8-14)4-2-1-3-5-12/h6-7H,1-5,8-9,14H2,(H,15,16,17). The summed E-state index contributed by atoms with van der Waals surface area (Å²) in [6.45, 7) is 1.58. The summed E-state index contributed by atoms with van der Waals surface area (Å²) in [5, 5.41) is 3.83. The quantitative estimate of drug-likeness (QED) is 0.866. The van der Waals surface area contributed by atoms with Gasteiger partial charge in [-0.2, -0.15) is 0 Å². The highest BCUT2D eigenvalue weighted by molar-refractivity contribution is 6.30. The Labute approximate surface area is 107 Å². The van der Waals surface area contributed by atoms with Crippen LogP contribution in [0.25, 0.3) is 0 Å². The second-order valence-corrected chi connectivity index (χ2v) is 5.28. The molecule has 0 unspecified atom stereocenters. The average Bonchev–Trinajstić information content (AvgIpc) is 2.39. The molecule has 2 rings (SSSR count). The van der Waals surface area contributed by atoms with E-state index >= 15 is 0 Å². The lowest BCUT2D eigenvalue weighted by molar-refractivity contribution is 0.215. The van der Waals surface area contributed by atoms with E-state index < -0.39 is 0 Å². The highest BCUT2D eigenvalue weighted by Gasteiger charge is 2.30. The van der Waals surface area contributed by atoms with E-state index in [-0.39, 0.29) is 5.41 Å². The first-order valence-corrected chi connectivity index (χ1v) is 6.53. The van der Waals surface area contributed by atoms with Crippen molar-refractivity contribution in [3.05, 3.63) is 17.4 Å². The van der Waals surface area contributed by atoms with Gasteiger partial charge in [-0.3, -0.25) is 0 Å². The molecule has 1 aliphatic rings. The molecule has 5 heteroatoms. The third-order valence-corrected chi connectivity index (χ3v) is 3.78. The fourth-order valence-electron chi connectivity index (χ4n) is 2.42. The molecule has 1 heterocycles. The zero-order valence-electron chi connectivity index (χ0n) is 9.95. The van der Waals surface area contributed by atoms with E-state index in [1.807, 2.05) is 0 Å². The third-order valence-electron chi connectivity index (χ3n) is 3.59. The molecule has 4 nitrogen and oxygen atoms in total. The summed E-state index contributed by atoms with van der Waals surface area (Å²) in [7, 11) is 0. The van der Waals surface area contributed by atoms with Crippen LogP contribution < -0.4 is 11.1 Å². The molecule has 1 saturated carbocycles. The maximum atomic E-state index is 5.92. The second-order valence-electron chi connectivity index (χ2n) is 4.84. The van der Waals surface area contributed by atoms with Crippen LogP contribution in [-0.4, -0.2) is 23.1 Å². The lowest BCUT2D eigenvalue weighted by Crippen LogP contribution is -2.39. The lowest BCUT2D eigenvalue weighted by Gasteiger charge is -2.36. The summed E-state index contributed by atoms with van der Waals surface area (Å²) in [5.74, 6) is 0.632. The monoisotopic (exact) mass is 254 g/mol. The Kier molecular flexibility index (Phi) is 4.18. The minimum Gasteiger partial charge on any atom is -0.354 e. The van der Waals surface area contributed by atoms with Gasteiger partial charge in [0.2, 0.25) is 5.95 Å². The first kappa shape index (κ1) is 12.6.